The van der Waals surface area contributed by atoms with Gasteiger partial charge in [0.25, 0.3) is 0 Å². The lowest BCUT2D eigenvalue weighted by atomic mass is 9.86. The van der Waals surface area contributed by atoms with Crippen LogP contribution in [0.3, 0.4) is 0 Å². The molecule has 13 heavy (non-hydrogen) atoms. The Hall–Kier alpha value is -0.570. The summed E-state index contributed by atoms with van der Waals surface area (Å²) in [5.41, 5.74) is -0.310. The second-order valence-electron chi connectivity index (χ2n) is 4.95. The zero-order valence-electron chi connectivity index (χ0n) is 8.87. The van der Waals surface area contributed by atoms with Crippen LogP contribution in [0, 0.1) is 5.41 Å². The van der Waals surface area contributed by atoms with E-state index in [1.807, 2.05) is 27.8 Å². The van der Waals surface area contributed by atoms with Crippen molar-refractivity contribution in [3.8, 4) is 0 Å². The molecular formula is C10H19NO2. The van der Waals surface area contributed by atoms with Gasteiger partial charge in [-0.25, -0.2) is 0 Å². The van der Waals surface area contributed by atoms with Crippen LogP contribution < -0.4 is 0 Å². The van der Waals surface area contributed by atoms with Crippen molar-refractivity contribution in [1.29, 1.82) is 0 Å². The van der Waals surface area contributed by atoms with Gasteiger partial charge in [-0.15, -0.1) is 0 Å². The maximum Gasteiger partial charge on any atom is 0.227 e. The maximum atomic E-state index is 11.7. The highest BCUT2D eigenvalue weighted by Gasteiger charge is 2.36. The quantitative estimate of drug-likeness (QED) is 0.662. The topological polar surface area (TPSA) is 40.5 Å². The molecule has 0 radical (unpaired) electrons. The van der Waals surface area contributed by atoms with E-state index in [4.69, 9.17) is 5.11 Å². The van der Waals surface area contributed by atoms with Crippen molar-refractivity contribution in [1.82, 2.24) is 4.90 Å². The summed E-state index contributed by atoms with van der Waals surface area (Å²) in [4.78, 5) is 13.5. The highest BCUT2D eigenvalue weighted by Crippen LogP contribution is 2.28. The molecule has 3 nitrogen and oxygen atoms in total. The van der Waals surface area contributed by atoms with Crippen molar-refractivity contribution >= 4 is 5.91 Å². The van der Waals surface area contributed by atoms with Gasteiger partial charge in [0.2, 0.25) is 5.91 Å². The number of carbonyl (C=O) groups excluding carboxylic acids is 1. The van der Waals surface area contributed by atoms with Crippen molar-refractivity contribution in [2.75, 3.05) is 7.05 Å². The Bertz CT molecular complexity index is 201. The minimum atomic E-state index is -0.310. The van der Waals surface area contributed by atoms with E-state index in [-0.39, 0.29) is 23.5 Å². The number of hydrogen-bond donors (Lipinski definition) is 1. The summed E-state index contributed by atoms with van der Waals surface area (Å²) >= 11 is 0. The summed E-state index contributed by atoms with van der Waals surface area (Å²) in [7, 11) is 1.82. The van der Waals surface area contributed by atoms with Crippen molar-refractivity contribution in [2.45, 2.75) is 45.8 Å². The molecule has 0 unspecified atom stereocenters. The molecule has 0 saturated heterocycles. The SMILES string of the molecule is CN(C(=O)C(C)(C)C)C1CC(O)C1. The normalized spacial score (nSPS) is 28.1. The predicted octanol–water partition coefficient (Wildman–Crippen LogP) is 1.01. The average Bonchev–Trinajstić information content (AvgIpc) is 1.94. The van der Waals surface area contributed by atoms with E-state index in [0.29, 0.717) is 0 Å². The van der Waals surface area contributed by atoms with Crippen LogP contribution in [0.15, 0.2) is 0 Å². The first-order valence-electron chi connectivity index (χ1n) is 4.77. The van der Waals surface area contributed by atoms with E-state index in [2.05, 4.69) is 0 Å². The molecule has 0 aliphatic heterocycles. The van der Waals surface area contributed by atoms with Gasteiger partial charge in [-0.3, -0.25) is 4.79 Å². The van der Waals surface area contributed by atoms with Crippen LogP contribution in [0.25, 0.3) is 0 Å². The van der Waals surface area contributed by atoms with Crippen LogP contribution in [0.4, 0.5) is 0 Å². The lowest BCUT2D eigenvalue weighted by molar-refractivity contribution is -0.144. The number of amides is 1. The number of rotatable bonds is 1. The summed E-state index contributed by atoms with van der Waals surface area (Å²) in [5, 5.41) is 9.11. The lowest BCUT2D eigenvalue weighted by Gasteiger charge is -2.40. The Morgan fingerprint density at radius 2 is 1.85 bits per heavy atom. The van der Waals surface area contributed by atoms with Crippen LogP contribution in [0.1, 0.15) is 33.6 Å². The first kappa shape index (κ1) is 10.5. The van der Waals surface area contributed by atoms with Crippen LogP contribution in [-0.2, 0) is 4.79 Å². The third-order valence-electron chi connectivity index (χ3n) is 2.60. The zero-order valence-corrected chi connectivity index (χ0v) is 8.87. The van der Waals surface area contributed by atoms with E-state index in [0.717, 1.165) is 12.8 Å². The van der Waals surface area contributed by atoms with E-state index in [1.54, 1.807) is 4.90 Å². The number of aliphatic hydroxyl groups excluding tert-OH is 1. The fourth-order valence-corrected chi connectivity index (χ4v) is 1.57. The molecular weight excluding hydrogens is 166 g/mol. The molecule has 0 aromatic carbocycles. The molecule has 1 fully saturated rings. The molecule has 0 heterocycles. The largest absolute Gasteiger partial charge is 0.393 e. The van der Waals surface area contributed by atoms with Crippen LogP contribution in [0.5, 0.6) is 0 Å². The highest BCUT2D eigenvalue weighted by atomic mass is 16.3. The molecule has 1 amide bonds. The monoisotopic (exact) mass is 185 g/mol. The molecule has 76 valence electrons. The maximum absolute atomic E-state index is 11.7. The second kappa shape index (κ2) is 3.29. The molecule has 0 spiro atoms. The molecule has 1 saturated carbocycles. The summed E-state index contributed by atoms with van der Waals surface area (Å²) in [6.45, 7) is 5.75. The van der Waals surface area contributed by atoms with E-state index in [1.165, 1.54) is 0 Å². The van der Waals surface area contributed by atoms with Gasteiger partial charge >= 0.3 is 0 Å². The molecule has 1 aliphatic rings. The third-order valence-corrected chi connectivity index (χ3v) is 2.60. The van der Waals surface area contributed by atoms with Crippen molar-refractivity contribution in [3.05, 3.63) is 0 Å². The first-order valence-corrected chi connectivity index (χ1v) is 4.77. The van der Waals surface area contributed by atoms with Gasteiger partial charge in [0.15, 0.2) is 0 Å². The fraction of sp³-hybridized carbons (Fsp3) is 0.900. The Morgan fingerprint density at radius 1 is 1.38 bits per heavy atom. The van der Waals surface area contributed by atoms with Gasteiger partial charge in [-0.1, -0.05) is 20.8 Å². The number of carbonyl (C=O) groups is 1. The van der Waals surface area contributed by atoms with Crippen molar-refractivity contribution < 1.29 is 9.90 Å². The van der Waals surface area contributed by atoms with Gasteiger partial charge < -0.3 is 10.0 Å². The van der Waals surface area contributed by atoms with Crippen molar-refractivity contribution in [3.63, 3.8) is 0 Å². The summed E-state index contributed by atoms with van der Waals surface area (Å²) in [6, 6.07) is 0.252. The Labute approximate surface area is 79.7 Å². The number of nitrogens with zero attached hydrogens (tertiary/aromatic N) is 1. The summed E-state index contributed by atoms with van der Waals surface area (Å²) in [5.74, 6) is 0.157. The van der Waals surface area contributed by atoms with Crippen molar-refractivity contribution in [2.24, 2.45) is 5.41 Å². The van der Waals surface area contributed by atoms with E-state index in [9.17, 15) is 4.79 Å². The molecule has 0 bridgehead atoms. The fourth-order valence-electron chi connectivity index (χ4n) is 1.57. The molecule has 0 aromatic heterocycles. The van der Waals surface area contributed by atoms with Crippen LogP contribution in [-0.4, -0.2) is 35.1 Å². The zero-order chi connectivity index (χ0) is 10.2. The second-order valence-corrected chi connectivity index (χ2v) is 4.95. The van der Waals surface area contributed by atoms with Gasteiger partial charge in [-0.2, -0.15) is 0 Å². The standard InChI is InChI=1S/C10H19NO2/c1-10(2,3)9(13)11(4)7-5-8(12)6-7/h7-8,12H,5-6H2,1-4H3. The van der Waals surface area contributed by atoms with Gasteiger partial charge in [0, 0.05) is 18.5 Å². The van der Waals surface area contributed by atoms with E-state index >= 15 is 0 Å². The smallest absolute Gasteiger partial charge is 0.227 e. The van der Waals surface area contributed by atoms with Crippen LogP contribution >= 0.6 is 0 Å². The molecule has 1 rings (SSSR count). The van der Waals surface area contributed by atoms with Gasteiger partial charge in [-0.05, 0) is 12.8 Å². The van der Waals surface area contributed by atoms with Crippen LogP contribution in [0.2, 0.25) is 0 Å². The lowest BCUT2D eigenvalue weighted by Crippen LogP contribution is -2.50. The predicted molar refractivity (Wildman–Crippen MR) is 51.3 cm³/mol. The molecule has 0 aromatic rings. The van der Waals surface area contributed by atoms with E-state index < -0.39 is 0 Å². The summed E-state index contributed by atoms with van der Waals surface area (Å²) in [6.07, 6.45) is 1.27. The van der Waals surface area contributed by atoms with Gasteiger partial charge in [0.05, 0.1) is 6.10 Å². The third kappa shape index (κ3) is 2.21. The molecule has 1 aliphatic carbocycles. The Balaban J connectivity index is 2.49. The minimum Gasteiger partial charge on any atom is -0.393 e. The molecule has 1 N–H and O–H groups in total. The van der Waals surface area contributed by atoms with Gasteiger partial charge in [0.1, 0.15) is 0 Å². The number of aliphatic hydroxyl groups is 1. The Morgan fingerprint density at radius 3 is 2.15 bits per heavy atom. The number of hydrogen-bond acceptors (Lipinski definition) is 2. The summed E-state index contributed by atoms with van der Waals surface area (Å²) < 4.78 is 0. The minimum absolute atomic E-state index is 0.157. The molecule has 0 atom stereocenters. The highest BCUT2D eigenvalue weighted by molar-refractivity contribution is 5.81. The molecule has 3 heteroatoms. The average molecular weight is 185 g/mol. The first-order chi connectivity index (χ1) is 5.82. The Kier molecular flexibility index (Phi) is 2.66.